The van der Waals surface area contributed by atoms with Crippen molar-refractivity contribution in [2.24, 2.45) is 0 Å². The summed E-state index contributed by atoms with van der Waals surface area (Å²) >= 11 is 0. The van der Waals surface area contributed by atoms with E-state index in [0.29, 0.717) is 6.07 Å². The Morgan fingerprint density at radius 2 is 1.75 bits per heavy atom. The van der Waals surface area contributed by atoms with Crippen LogP contribution in [0.25, 0.3) is 4.72 Å². The zero-order chi connectivity index (χ0) is 14.8. The highest BCUT2D eigenvalue weighted by Gasteiger charge is 2.13. The number of nitrogens with zero attached hydrogens (tertiary/aromatic N) is 1. The van der Waals surface area contributed by atoms with Crippen molar-refractivity contribution < 1.29 is 22.7 Å². The topological polar surface area (TPSA) is 88.4 Å². The summed E-state index contributed by atoms with van der Waals surface area (Å²) in [6.07, 6.45) is 0. The summed E-state index contributed by atoms with van der Waals surface area (Å²) in [6, 6.07) is 10.0. The largest absolute Gasteiger partial charge is 0.573 e. The Kier molecular flexibility index (Phi) is 3.71. The molecule has 0 aliphatic rings. The molecule has 0 aromatic heterocycles. The van der Waals surface area contributed by atoms with Crippen molar-refractivity contribution in [3.63, 3.8) is 0 Å². The van der Waals surface area contributed by atoms with Gasteiger partial charge in [-0.3, -0.25) is 0 Å². The second-order valence-corrected chi connectivity index (χ2v) is 5.41. The van der Waals surface area contributed by atoms with E-state index in [4.69, 9.17) is 0 Å². The molecule has 0 atom stereocenters. The molecule has 0 saturated carbocycles. The van der Waals surface area contributed by atoms with Gasteiger partial charge in [-0.2, -0.15) is 0 Å². The van der Waals surface area contributed by atoms with Crippen LogP contribution in [-0.4, -0.2) is 14.4 Å². The summed E-state index contributed by atoms with van der Waals surface area (Å²) in [7, 11) is -4.34. The van der Waals surface area contributed by atoms with E-state index in [-0.39, 0.29) is 5.69 Å². The Labute approximate surface area is 114 Å². The summed E-state index contributed by atoms with van der Waals surface area (Å²) in [6.45, 7) is 0. The number of rotatable bonds is 4. The monoisotopic (exact) mass is 293 g/mol. The molecule has 2 rings (SSSR count). The van der Waals surface area contributed by atoms with Crippen LogP contribution in [0.3, 0.4) is 0 Å². The van der Waals surface area contributed by atoms with Crippen LogP contribution in [-0.2, 0) is 10.0 Å². The van der Waals surface area contributed by atoms with Crippen LogP contribution in [0.2, 0.25) is 0 Å². The summed E-state index contributed by atoms with van der Waals surface area (Å²) in [4.78, 5) is 9.89. The summed E-state index contributed by atoms with van der Waals surface area (Å²) < 4.78 is 41.0. The highest BCUT2D eigenvalue weighted by molar-refractivity contribution is 7.94. The molecule has 0 aliphatic carbocycles. The molecule has 0 aliphatic heterocycles. The highest BCUT2D eigenvalue weighted by atomic mass is 32.2. The minimum atomic E-state index is -4.34. The van der Waals surface area contributed by atoms with Crippen LogP contribution < -0.4 is 5.11 Å². The zero-order valence-corrected chi connectivity index (χ0v) is 10.8. The molecular formula is C13H8FNO4S-2. The van der Waals surface area contributed by atoms with E-state index in [0.717, 1.165) is 12.1 Å². The first-order valence-corrected chi connectivity index (χ1v) is 6.88. The van der Waals surface area contributed by atoms with Crippen molar-refractivity contribution in [1.82, 2.24) is 0 Å². The number of carboxylic acid groups (broad SMARTS) is 1. The van der Waals surface area contributed by atoms with E-state index in [1.807, 2.05) is 0 Å². The number of sulfonamides is 1. The van der Waals surface area contributed by atoms with Crippen LogP contribution in [0.4, 0.5) is 10.1 Å². The maximum Gasteiger partial charge on any atom is 0.140 e. The number of benzene rings is 2. The predicted octanol–water partition coefficient (Wildman–Crippen LogP) is 1.58. The molecule has 0 unspecified atom stereocenters. The van der Waals surface area contributed by atoms with Crippen molar-refractivity contribution in [3.8, 4) is 0 Å². The number of carbonyl (C=O) groups is 1. The Hall–Kier alpha value is -2.41. The normalized spacial score (nSPS) is 11.1. The Bertz CT molecular complexity index is 744. The molecule has 0 heterocycles. The van der Waals surface area contributed by atoms with Crippen LogP contribution in [0, 0.1) is 5.82 Å². The van der Waals surface area contributed by atoms with Gasteiger partial charge in [0.15, 0.2) is 0 Å². The van der Waals surface area contributed by atoms with Crippen LogP contribution in [0.1, 0.15) is 10.4 Å². The quantitative estimate of drug-likeness (QED) is 0.856. The molecular weight excluding hydrogens is 285 g/mol. The second-order valence-electron chi connectivity index (χ2n) is 3.83. The minimum absolute atomic E-state index is 0.116. The van der Waals surface area contributed by atoms with Gasteiger partial charge < -0.3 is 14.6 Å². The van der Waals surface area contributed by atoms with Crippen molar-refractivity contribution >= 4 is 21.7 Å². The van der Waals surface area contributed by atoms with Gasteiger partial charge in [0, 0.05) is 0 Å². The lowest BCUT2D eigenvalue weighted by Gasteiger charge is -2.22. The smallest absolute Gasteiger partial charge is 0.140 e. The number of aromatic carboxylic acids is 1. The van der Waals surface area contributed by atoms with E-state index in [1.54, 1.807) is 18.2 Å². The maximum absolute atomic E-state index is 13.6. The van der Waals surface area contributed by atoms with Gasteiger partial charge in [-0.15, -0.1) is 5.69 Å². The zero-order valence-electron chi connectivity index (χ0n) is 9.99. The molecule has 2 aromatic carbocycles. The third-order valence-electron chi connectivity index (χ3n) is 2.43. The molecule has 2 aromatic rings. The van der Waals surface area contributed by atoms with Gasteiger partial charge in [-0.1, -0.05) is 36.4 Å². The Balaban J connectivity index is 2.44. The van der Waals surface area contributed by atoms with Gasteiger partial charge in [0.05, 0.1) is 10.9 Å². The number of hydrogen-bond acceptors (Lipinski definition) is 4. The van der Waals surface area contributed by atoms with E-state index in [9.17, 15) is 22.7 Å². The average molecular weight is 293 g/mol. The van der Waals surface area contributed by atoms with Crippen molar-refractivity contribution in [2.45, 2.75) is 4.90 Å². The summed E-state index contributed by atoms with van der Waals surface area (Å²) in [5, 5.41) is 10.7. The lowest BCUT2D eigenvalue weighted by atomic mass is 10.2. The molecule has 0 amide bonds. The number of hydrogen-bond donors (Lipinski definition) is 0. The fourth-order valence-corrected chi connectivity index (χ4v) is 2.59. The fourth-order valence-electron chi connectivity index (χ4n) is 1.50. The molecule has 0 bridgehead atoms. The third-order valence-corrected chi connectivity index (χ3v) is 3.75. The molecule has 0 saturated heterocycles. The lowest BCUT2D eigenvalue weighted by Crippen LogP contribution is -2.22. The van der Waals surface area contributed by atoms with Gasteiger partial charge >= 0.3 is 0 Å². The predicted molar refractivity (Wildman–Crippen MR) is 67.4 cm³/mol. The van der Waals surface area contributed by atoms with Gasteiger partial charge in [0.2, 0.25) is 0 Å². The van der Waals surface area contributed by atoms with Gasteiger partial charge in [-0.05, 0) is 17.7 Å². The molecule has 5 nitrogen and oxygen atoms in total. The van der Waals surface area contributed by atoms with E-state index in [2.05, 4.69) is 4.72 Å². The first-order valence-electron chi connectivity index (χ1n) is 5.44. The van der Waals surface area contributed by atoms with E-state index < -0.39 is 32.3 Å². The molecule has 0 N–H and O–H groups in total. The van der Waals surface area contributed by atoms with Gasteiger partial charge in [-0.25, -0.2) is 12.8 Å². The van der Waals surface area contributed by atoms with Crippen LogP contribution in [0.5, 0.6) is 0 Å². The van der Waals surface area contributed by atoms with Crippen molar-refractivity contribution in [2.75, 3.05) is 0 Å². The molecule has 7 heteroatoms. The van der Waals surface area contributed by atoms with Gasteiger partial charge in [0.25, 0.3) is 0 Å². The highest BCUT2D eigenvalue weighted by Crippen LogP contribution is 2.29. The molecule has 104 valence electrons. The van der Waals surface area contributed by atoms with Crippen molar-refractivity contribution in [1.29, 1.82) is 0 Å². The summed E-state index contributed by atoms with van der Waals surface area (Å²) in [5.74, 6) is -2.67. The number of halogens is 1. The Morgan fingerprint density at radius 1 is 1.10 bits per heavy atom. The fraction of sp³-hybridized carbons (Fsp3) is 0. The third kappa shape index (κ3) is 2.94. The summed E-state index contributed by atoms with van der Waals surface area (Å²) in [5.41, 5.74) is -0.320. The van der Waals surface area contributed by atoms with Crippen LogP contribution in [0.15, 0.2) is 53.4 Å². The standard InChI is InChI=1S/C13H9FNO4S/c14-11-7-6-9(13(16)17)8-12(11)20(18,19)15-10-4-2-1-3-5-10/h1-8H,(H,16,17)/q-1/p-1. The van der Waals surface area contributed by atoms with Crippen LogP contribution >= 0.6 is 0 Å². The van der Waals surface area contributed by atoms with Gasteiger partial charge in [0.1, 0.15) is 15.8 Å². The maximum atomic E-state index is 13.6. The lowest BCUT2D eigenvalue weighted by molar-refractivity contribution is -0.255. The first kappa shape index (κ1) is 14.0. The van der Waals surface area contributed by atoms with E-state index >= 15 is 0 Å². The second kappa shape index (κ2) is 5.30. The molecule has 0 fully saturated rings. The van der Waals surface area contributed by atoms with Crippen molar-refractivity contribution in [3.05, 3.63) is 64.6 Å². The molecule has 0 radical (unpaired) electrons. The molecule has 0 spiro atoms. The minimum Gasteiger partial charge on any atom is -0.573 e. The molecule has 20 heavy (non-hydrogen) atoms. The van der Waals surface area contributed by atoms with E-state index in [1.165, 1.54) is 12.1 Å². The Morgan fingerprint density at radius 3 is 2.35 bits per heavy atom. The number of carboxylic acids is 1. The SMILES string of the molecule is O=C([O-])c1ccc(F)c(S(=O)(=O)[N-]c2ccccc2)c1. The average Bonchev–Trinajstić information content (AvgIpc) is 2.39. The first-order chi connectivity index (χ1) is 9.40. The number of carbonyl (C=O) groups excluding carboxylic acids is 1.